The van der Waals surface area contributed by atoms with Crippen LogP contribution >= 0.6 is 12.6 Å². The fraction of sp³-hybridized carbons (Fsp3) is 0.333. The Labute approximate surface area is 76.6 Å². The molecule has 0 saturated carbocycles. The van der Waals surface area contributed by atoms with Gasteiger partial charge >= 0.3 is 0 Å². The monoisotopic (exact) mass is 186 g/mol. The zero-order valence-corrected chi connectivity index (χ0v) is 7.90. The van der Waals surface area contributed by atoms with E-state index in [1.807, 2.05) is 0 Å². The predicted octanol–water partition coefficient (Wildman–Crippen LogP) is 2.34. The highest BCUT2D eigenvalue weighted by Gasteiger charge is 2.19. The molecular weight excluding hydrogens is 175 g/mol. The van der Waals surface area contributed by atoms with Crippen LogP contribution in [0.1, 0.15) is 19.4 Å². The summed E-state index contributed by atoms with van der Waals surface area (Å²) in [6.07, 6.45) is 0. The van der Waals surface area contributed by atoms with Crippen molar-refractivity contribution in [3.63, 3.8) is 0 Å². The molecule has 1 aromatic rings. The van der Waals surface area contributed by atoms with Gasteiger partial charge in [-0.05, 0) is 26.0 Å². The molecule has 0 radical (unpaired) electrons. The molecule has 1 rings (SSSR count). The zero-order chi connectivity index (χ0) is 9.35. The van der Waals surface area contributed by atoms with E-state index in [9.17, 15) is 9.50 Å². The standard InChI is InChI=1S/C9H11FOS/c1-9(2,11)7-4-3-6(12)5-8(7)10/h3-5,11-12H,1-2H3. The smallest absolute Gasteiger partial charge is 0.130 e. The van der Waals surface area contributed by atoms with Crippen molar-refractivity contribution in [2.24, 2.45) is 0 Å². The minimum absolute atomic E-state index is 0.292. The molecule has 1 nitrogen and oxygen atoms in total. The van der Waals surface area contributed by atoms with Crippen LogP contribution < -0.4 is 0 Å². The van der Waals surface area contributed by atoms with Crippen molar-refractivity contribution in [3.8, 4) is 0 Å². The maximum absolute atomic E-state index is 13.1. The van der Waals surface area contributed by atoms with E-state index >= 15 is 0 Å². The molecular formula is C9H11FOS. The van der Waals surface area contributed by atoms with Gasteiger partial charge in [0.15, 0.2) is 0 Å². The molecule has 0 aromatic heterocycles. The summed E-state index contributed by atoms with van der Waals surface area (Å²) >= 11 is 3.98. The molecule has 66 valence electrons. The number of aliphatic hydroxyl groups is 1. The van der Waals surface area contributed by atoms with E-state index < -0.39 is 11.4 Å². The number of hydrogen-bond donors (Lipinski definition) is 2. The molecule has 0 atom stereocenters. The van der Waals surface area contributed by atoms with Crippen LogP contribution in [0.25, 0.3) is 0 Å². The van der Waals surface area contributed by atoms with E-state index in [1.54, 1.807) is 19.9 Å². The minimum atomic E-state index is -1.13. The predicted molar refractivity (Wildman–Crippen MR) is 48.9 cm³/mol. The highest BCUT2D eigenvalue weighted by Crippen LogP contribution is 2.24. The second kappa shape index (κ2) is 3.07. The molecule has 1 aromatic carbocycles. The lowest BCUT2D eigenvalue weighted by molar-refractivity contribution is 0.0744. The van der Waals surface area contributed by atoms with E-state index in [2.05, 4.69) is 12.6 Å². The van der Waals surface area contributed by atoms with Gasteiger partial charge in [0.2, 0.25) is 0 Å². The third-order valence-electron chi connectivity index (χ3n) is 1.61. The van der Waals surface area contributed by atoms with Crippen LogP contribution in [0.4, 0.5) is 4.39 Å². The Morgan fingerprint density at radius 1 is 1.42 bits per heavy atom. The largest absolute Gasteiger partial charge is 0.386 e. The highest BCUT2D eigenvalue weighted by atomic mass is 32.1. The van der Waals surface area contributed by atoms with Crippen LogP contribution in [-0.2, 0) is 5.60 Å². The SMILES string of the molecule is CC(C)(O)c1ccc(S)cc1F. The van der Waals surface area contributed by atoms with Crippen molar-refractivity contribution in [2.75, 3.05) is 0 Å². The van der Waals surface area contributed by atoms with Crippen LogP contribution in [0.15, 0.2) is 23.1 Å². The quantitative estimate of drug-likeness (QED) is 0.645. The second-order valence-electron chi connectivity index (χ2n) is 3.22. The van der Waals surface area contributed by atoms with Gasteiger partial charge in [-0.3, -0.25) is 0 Å². The molecule has 0 aliphatic carbocycles. The van der Waals surface area contributed by atoms with Crippen LogP contribution in [-0.4, -0.2) is 5.11 Å². The Bertz CT molecular complexity index is 291. The van der Waals surface area contributed by atoms with E-state index in [0.29, 0.717) is 10.5 Å². The van der Waals surface area contributed by atoms with Crippen molar-refractivity contribution in [1.29, 1.82) is 0 Å². The third-order valence-corrected chi connectivity index (χ3v) is 1.89. The van der Waals surface area contributed by atoms with Gasteiger partial charge in [0.1, 0.15) is 5.82 Å². The molecule has 3 heteroatoms. The first-order valence-corrected chi connectivity index (χ1v) is 4.07. The Hall–Kier alpha value is -0.540. The number of halogens is 1. The first-order valence-electron chi connectivity index (χ1n) is 3.62. The lowest BCUT2D eigenvalue weighted by Gasteiger charge is -2.18. The average molecular weight is 186 g/mol. The summed E-state index contributed by atoms with van der Waals surface area (Å²) in [4.78, 5) is 0.556. The Balaban J connectivity index is 3.19. The van der Waals surface area contributed by atoms with Gasteiger partial charge in [-0.2, -0.15) is 0 Å². The van der Waals surface area contributed by atoms with Crippen molar-refractivity contribution < 1.29 is 9.50 Å². The van der Waals surface area contributed by atoms with Gasteiger partial charge in [0, 0.05) is 10.5 Å². The van der Waals surface area contributed by atoms with Crippen molar-refractivity contribution in [2.45, 2.75) is 24.3 Å². The summed E-state index contributed by atoms with van der Waals surface area (Å²) in [5.41, 5.74) is -0.841. The zero-order valence-electron chi connectivity index (χ0n) is 7.00. The van der Waals surface area contributed by atoms with Crippen molar-refractivity contribution in [1.82, 2.24) is 0 Å². The topological polar surface area (TPSA) is 20.2 Å². The van der Waals surface area contributed by atoms with Gasteiger partial charge in [0.05, 0.1) is 5.60 Å². The number of thiol groups is 1. The summed E-state index contributed by atoms with van der Waals surface area (Å²) < 4.78 is 13.1. The van der Waals surface area contributed by atoms with Gasteiger partial charge in [-0.25, -0.2) is 4.39 Å². The summed E-state index contributed by atoms with van der Waals surface area (Å²) in [7, 11) is 0. The number of benzene rings is 1. The molecule has 0 heterocycles. The van der Waals surface area contributed by atoms with Gasteiger partial charge in [-0.1, -0.05) is 6.07 Å². The average Bonchev–Trinajstić information content (AvgIpc) is 1.83. The second-order valence-corrected chi connectivity index (χ2v) is 3.74. The molecule has 0 aliphatic rings. The van der Waals surface area contributed by atoms with Crippen LogP contribution in [0.5, 0.6) is 0 Å². The summed E-state index contributed by atoms with van der Waals surface area (Å²) in [5.74, 6) is -0.421. The van der Waals surface area contributed by atoms with E-state index in [1.165, 1.54) is 12.1 Å². The Morgan fingerprint density at radius 2 is 2.00 bits per heavy atom. The summed E-state index contributed by atoms with van der Waals surface area (Å²) in [6.45, 7) is 3.09. The molecule has 12 heavy (non-hydrogen) atoms. The van der Waals surface area contributed by atoms with E-state index in [4.69, 9.17) is 0 Å². The maximum atomic E-state index is 13.1. The fourth-order valence-electron chi connectivity index (χ4n) is 1.00. The molecule has 0 fully saturated rings. The van der Waals surface area contributed by atoms with Crippen molar-refractivity contribution in [3.05, 3.63) is 29.6 Å². The van der Waals surface area contributed by atoms with Gasteiger partial charge in [-0.15, -0.1) is 12.6 Å². The molecule has 0 amide bonds. The first-order chi connectivity index (χ1) is 5.41. The third kappa shape index (κ3) is 1.99. The van der Waals surface area contributed by atoms with Crippen LogP contribution in [0.2, 0.25) is 0 Å². The van der Waals surface area contributed by atoms with Gasteiger partial charge in [0.25, 0.3) is 0 Å². The fourth-order valence-corrected chi connectivity index (χ4v) is 1.19. The molecule has 1 N–H and O–H groups in total. The molecule has 0 saturated heterocycles. The maximum Gasteiger partial charge on any atom is 0.130 e. The lowest BCUT2D eigenvalue weighted by atomic mass is 9.98. The minimum Gasteiger partial charge on any atom is -0.386 e. The van der Waals surface area contributed by atoms with E-state index in [-0.39, 0.29) is 0 Å². The van der Waals surface area contributed by atoms with Crippen LogP contribution in [0.3, 0.4) is 0 Å². The highest BCUT2D eigenvalue weighted by molar-refractivity contribution is 7.80. The number of rotatable bonds is 1. The van der Waals surface area contributed by atoms with Crippen LogP contribution in [0, 0.1) is 5.82 Å². The molecule has 0 aliphatic heterocycles. The summed E-state index contributed by atoms with van der Waals surface area (Å²) in [5, 5.41) is 9.50. The van der Waals surface area contributed by atoms with E-state index in [0.717, 1.165) is 0 Å². The van der Waals surface area contributed by atoms with Gasteiger partial charge < -0.3 is 5.11 Å². The molecule has 0 unspecified atom stereocenters. The lowest BCUT2D eigenvalue weighted by Crippen LogP contribution is -2.17. The van der Waals surface area contributed by atoms with Crippen molar-refractivity contribution >= 4 is 12.6 Å². The Kier molecular flexibility index (Phi) is 2.44. The molecule has 0 bridgehead atoms. The first kappa shape index (κ1) is 9.55. The Morgan fingerprint density at radius 3 is 2.42 bits per heavy atom. The molecule has 0 spiro atoms. The number of hydrogen-bond acceptors (Lipinski definition) is 2. The normalized spacial score (nSPS) is 11.8. The summed E-state index contributed by atoms with van der Waals surface area (Å²) in [6, 6.07) is 4.48.